The summed E-state index contributed by atoms with van der Waals surface area (Å²) in [5.74, 6) is -0.683. The molecule has 0 saturated heterocycles. The number of nitrogens with zero attached hydrogens (tertiary/aromatic N) is 2. The Morgan fingerprint density at radius 2 is 1.78 bits per heavy atom. The van der Waals surface area contributed by atoms with Crippen LogP contribution in [0.3, 0.4) is 0 Å². The maximum absolute atomic E-state index is 13.8. The standard InChI is InChI=1S/C28H24N4O4S/c1-16-7-6-10-22(17(16)2)32-26(34)25-24(20-8-4-5-9-21(20)30-25)31-28(32)37-15-23(33)29-19-13-11-18(12-14-19)27(35)36-3/h4-14,30H,15H2,1-3H3,(H,29,33). The lowest BCUT2D eigenvalue weighted by atomic mass is 10.1. The van der Waals surface area contributed by atoms with Crippen LogP contribution in [0.2, 0.25) is 0 Å². The van der Waals surface area contributed by atoms with Gasteiger partial charge >= 0.3 is 5.97 Å². The summed E-state index contributed by atoms with van der Waals surface area (Å²) in [5, 5.41) is 4.09. The number of aryl methyl sites for hydroxylation is 1. The molecule has 5 rings (SSSR count). The van der Waals surface area contributed by atoms with Crippen LogP contribution in [-0.2, 0) is 9.53 Å². The maximum Gasteiger partial charge on any atom is 0.337 e. The van der Waals surface area contributed by atoms with E-state index in [0.717, 1.165) is 27.7 Å². The molecule has 0 unspecified atom stereocenters. The number of anilines is 1. The van der Waals surface area contributed by atoms with Crippen LogP contribution in [0.1, 0.15) is 21.5 Å². The monoisotopic (exact) mass is 512 g/mol. The van der Waals surface area contributed by atoms with Gasteiger partial charge in [-0.2, -0.15) is 0 Å². The summed E-state index contributed by atoms with van der Waals surface area (Å²) < 4.78 is 6.28. The van der Waals surface area contributed by atoms with Crippen LogP contribution < -0.4 is 10.9 Å². The number of hydrogen-bond donors (Lipinski definition) is 2. The minimum atomic E-state index is -0.448. The molecule has 0 bridgehead atoms. The first-order valence-corrected chi connectivity index (χ1v) is 12.6. The highest BCUT2D eigenvalue weighted by Gasteiger charge is 2.19. The van der Waals surface area contributed by atoms with Crippen molar-refractivity contribution < 1.29 is 14.3 Å². The Labute approximate surface area is 216 Å². The van der Waals surface area contributed by atoms with E-state index in [0.29, 0.717) is 27.4 Å². The molecule has 0 radical (unpaired) electrons. The second-order valence-electron chi connectivity index (χ2n) is 8.55. The van der Waals surface area contributed by atoms with E-state index in [1.54, 1.807) is 28.8 Å². The van der Waals surface area contributed by atoms with E-state index >= 15 is 0 Å². The second-order valence-corrected chi connectivity index (χ2v) is 9.50. The molecule has 0 saturated carbocycles. The van der Waals surface area contributed by atoms with E-state index in [9.17, 15) is 14.4 Å². The number of nitrogens with one attached hydrogen (secondary N) is 2. The number of aromatic amines is 1. The zero-order valence-corrected chi connectivity index (χ0v) is 21.3. The van der Waals surface area contributed by atoms with Gasteiger partial charge in [-0.1, -0.05) is 42.1 Å². The number of esters is 1. The van der Waals surface area contributed by atoms with Crippen molar-refractivity contribution in [2.75, 3.05) is 18.2 Å². The lowest BCUT2D eigenvalue weighted by molar-refractivity contribution is -0.113. The summed E-state index contributed by atoms with van der Waals surface area (Å²) >= 11 is 1.19. The average molecular weight is 513 g/mol. The van der Waals surface area contributed by atoms with Gasteiger partial charge in [-0.15, -0.1) is 0 Å². The molecule has 0 aliphatic heterocycles. The van der Waals surface area contributed by atoms with Crippen LogP contribution in [0.25, 0.3) is 27.6 Å². The molecule has 0 fully saturated rings. The first-order valence-electron chi connectivity index (χ1n) is 11.6. The van der Waals surface area contributed by atoms with E-state index in [1.165, 1.54) is 18.9 Å². The normalized spacial score (nSPS) is 11.1. The SMILES string of the molecule is COC(=O)c1ccc(NC(=O)CSc2nc3c([nH]c4ccccc43)c(=O)n2-c2cccc(C)c2C)cc1. The molecule has 186 valence electrons. The quantitative estimate of drug-likeness (QED) is 0.188. The molecule has 5 aromatic rings. The molecule has 0 atom stereocenters. The molecular formula is C28H24N4O4S. The number of thioether (sulfide) groups is 1. The molecule has 0 spiro atoms. The third-order valence-corrected chi connectivity index (χ3v) is 7.17. The molecule has 8 nitrogen and oxygen atoms in total. The lowest BCUT2D eigenvalue weighted by Gasteiger charge is -2.15. The Morgan fingerprint density at radius 1 is 1.03 bits per heavy atom. The number of amides is 1. The summed E-state index contributed by atoms with van der Waals surface area (Å²) in [6, 6.07) is 19.8. The predicted octanol–water partition coefficient (Wildman–Crippen LogP) is 5.00. The number of fused-ring (bicyclic) bond motifs is 3. The van der Waals surface area contributed by atoms with Gasteiger partial charge in [0.1, 0.15) is 11.0 Å². The van der Waals surface area contributed by atoms with E-state index in [-0.39, 0.29) is 17.2 Å². The van der Waals surface area contributed by atoms with Gasteiger partial charge in [0.15, 0.2) is 5.16 Å². The van der Waals surface area contributed by atoms with Crippen molar-refractivity contribution in [2.24, 2.45) is 0 Å². The average Bonchev–Trinajstić information content (AvgIpc) is 3.28. The number of benzene rings is 3. The van der Waals surface area contributed by atoms with Gasteiger partial charge in [-0.05, 0) is 61.4 Å². The number of para-hydroxylation sites is 1. The highest BCUT2D eigenvalue weighted by molar-refractivity contribution is 7.99. The van der Waals surface area contributed by atoms with Gasteiger partial charge in [0.05, 0.1) is 24.1 Å². The topological polar surface area (TPSA) is 106 Å². The predicted molar refractivity (Wildman–Crippen MR) is 146 cm³/mol. The van der Waals surface area contributed by atoms with Crippen LogP contribution >= 0.6 is 11.8 Å². The Balaban J connectivity index is 1.50. The van der Waals surface area contributed by atoms with Crippen molar-refractivity contribution in [3.8, 4) is 5.69 Å². The largest absolute Gasteiger partial charge is 0.465 e. The molecular weight excluding hydrogens is 488 g/mol. The second kappa shape index (κ2) is 9.94. The Bertz CT molecular complexity index is 1720. The fourth-order valence-corrected chi connectivity index (χ4v) is 4.96. The van der Waals surface area contributed by atoms with Crippen molar-refractivity contribution >= 4 is 51.3 Å². The third-order valence-electron chi connectivity index (χ3n) is 6.23. The number of hydrogen-bond acceptors (Lipinski definition) is 6. The first kappa shape index (κ1) is 24.3. The lowest BCUT2D eigenvalue weighted by Crippen LogP contribution is -2.23. The van der Waals surface area contributed by atoms with Crippen LogP contribution in [0.5, 0.6) is 0 Å². The van der Waals surface area contributed by atoms with Crippen LogP contribution in [0, 0.1) is 13.8 Å². The molecule has 0 aliphatic rings. The molecule has 2 N–H and O–H groups in total. The third kappa shape index (κ3) is 4.61. The number of aromatic nitrogens is 3. The van der Waals surface area contributed by atoms with E-state index in [1.807, 2.05) is 56.3 Å². The number of rotatable bonds is 6. The number of H-pyrrole nitrogens is 1. The molecule has 1 amide bonds. The fraction of sp³-hybridized carbons (Fsp3) is 0.143. The number of carbonyl (C=O) groups is 2. The van der Waals surface area contributed by atoms with Gasteiger partial charge in [0.2, 0.25) is 5.91 Å². The van der Waals surface area contributed by atoms with Crippen LogP contribution in [-0.4, -0.2) is 39.3 Å². The highest BCUT2D eigenvalue weighted by Crippen LogP contribution is 2.28. The molecule has 0 aliphatic carbocycles. The van der Waals surface area contributed by atoms with Crippen molar-refractivity contribution in [2.45, 2.75) is 19.0 Å². The highest BCUT2D eigenvalue weighted by atomic mass is 32.2. The Hall–Kier alpha value is -4.37. The zero-order valence-electron chi connectivity index (χ0n) is 20.5. The summed E-state index contributed by atoms with van der Waals surface area (Å²) in [5.41, 5.74) is 5.25. The van der Waals surface area contributed by atoms with Crippen molar-refractivity contribution in [1.29, 1.82) is 0 Å². The van der Waals surface area contributed by atoms with Gasteiger partial charge in [0, 0.05) is 16.6 Å². The van der Waals surface area contributed by atoms with E-state index in [2.05, 4.69) is 10.3 Å². The molecule has 9 heteroatoms. The van der Waals surface area contributed by atoms with Crippen molar-refractivity contribution in [1.82, 2.24) is 14.5 Å². The fourth-order valence-electron chi connectivity index (χ4n) is 4.16. The summed E-state index contributed by atoms with van der Waals surface area (Å²) in [6.07, 6.45) is 0. The van der Waals surface area contributed by atoms with Crippen LogP contribution in [0.15, 0.2) is 76.7 Å². The zero-order chi connectivity index (χ0) is 26.1. The van der Waals surface area contributed by atoms with Gasteiger partial charge < -0.3 is 15.0 Å². The van der Waals surface area contributed by atoms with Gasteiger partial charge in [-0.25, -0.2) is 9.78 Å². The van der Waals surface area contributed by atoms with E-state index < -0.39 is 5.97 Å². The van der Waals surface area contributed by atoms with E-state index in [4.69, 9.17) is 9.72 Å². The van der Waals surface area contributed by atoms with Crippen molar-refractivity contribution in [3.05, 3.63) is 93.8 Å². The number of carbonyl (C=O) groups excluding carboxylic acids is 2. The van der Waals surface area contributed by atoms with Crippen LogP contribution in [0.4, 0.5) is 5.69 Å². The summed E-state index contributed by atoms with van der Waals surface area (Å²) in [4.78, 5) is 46.3. The minimum absolute atomic E-state index is 0.0317. The summed E-state index contributed by atoms with van der Waals surface area (Å²) in [6.45, 7) is 3.95. The van der Waals surface area contributed by atoms with Gasteiger partial charge in [-0.3, -0.25) is 14.2 Å². The smallest absolute Gasteiger partial charge is 0.337 e. The molecule has 2 aromatic heterocycles. The van der Waals surface area contributed by atoms with Gasteiger partial charge in [0.25, 0.3) is 5.56 Å². The molecule has 37 heavy (non-hydrogen) atoms. The molecule has 3 aromatic carbocycles. The Morgan fingerprint density at radius 3 is 2.54 bits per heavy atom. The first-order chi connectivity index (χ1) is 17.9. The maximum atomic E-state index is 13.8. The van der Waals surface area contributed by atoms with Crippen molar-refractivity contribution in [3.63, 3.8) is 0 Å². The minimum Gasteiger partial charge on any atom is -0.465 e. The Kier molecular flexibility index (Phi) is 6.54. The number of methoxy groups -OCH3 is 1. The number of ether oxygens (including phenoxy) is 1. The summed E-state index contributed by atoms with van der Waals surface area (Å²) in [7, 11) is 1.31. The molecule has 2 heterocycles.